The van der Waals surface area contributed by atoms with E-state index in [9.17, 15) is 4.39 Å². The molecule has 0 aliphatic rings. The Labute approximate surface area is 115 Å². The number of benzene rings is 1. The summed E-state index contributed by atoms with van der Waals surface area (Å²) in [7, 11) is 0. The lowest BCUT2D eigenvalue weighted by Crippen LogP contribution is -2.11. The van der Waals surface area contributed by atoms with Crippen molar-refractivity contribution in [2.24, 2.45) is 0 Å². The smallest absolute Gasteiger partial charge is 0.168 e. The summed E-state index contributed by atoms with van der Waals surface area (Å²) in [5, 5.41) is 8.41. The van der Waals surface area contributed by atoms with E-state index in [1.54, 1.807) is 23.0 Å². The van der Waals surface area contributed by atoms with Crippen LogP contribution in [0.5, 0.6) is 0 Å². The monoisotopic (exact) mass is 271 g/mol. The second-order valence-electron chi connectivity index (χ2n) is 4.79. The average molecular weight is 271 g/mol. The Morgan fingerprint density at radius 2 is 1.90 bits per heavy atom. The molecule has 2 heterocycles. The summed E-state index contributed by atoms with van der Waals surface area (Å²) in [6.45, 7) is 4.08. The Morgan fingerprint density at radius 1 is 1.15 bits per heavy atom. The van der Waals surface area contributed by atoms with Gasteiger partial charge in [-0.15, -0.1) is 0 Å². The van der Waals surface area contributed by atoms with Crippen molar-refractivity contribution in [1.82, 2.24) is 19.7 Å². The third kappa shape index (κ3) is 2.20. The van der Waals surface area contributed by atoms with Crippen molar-refractivity contribution >= 4 is 16.9 Å². The SMILES string of the molecule is CC(C)Nc1ncnc2c1cnn2-c1ccc(F)cc1. The van der Waals surface area contributed by atoms with Gasteiger partial charge in [0, 0.05) is 6.04 Å². The summed E-state index contributed by atoms with van der Waals surface area (Å²) >= 11 is 0. The molecule has 20 heavy (non-hydrogen) atoms. The molecule has 0 unspecified atom stereocenters. The van der Waals surface area contributed by atoms with Gasteiger partial charge in [0.1, 0.15) is 18.0 Å². The van der Waals surface area contributed by atoms with Crippen molar-refractivity contribution in [3.8, 4) is 5.69 Å². The highest BCUT2D eigenvalue weighted by molar-refractivity contribution is 5.87. The standard InChI is InChI=1S/C14H14FN5/c1-9(2)19-13-12-7-18-20(14(12)17-8-16-13)11-5-3-10(15)4-6-11/h3-9H,1-2H3,(H,16,17,19). The van der Waals surface area contributed by atoms with Crippen molar-refractivity contribution in [3.63, 3.8) is 0 Å². The van der Waals surface area contributed by atoms with Crippen LogP contribution in [0.15, 0.2) is 36.8 Å². The van der Waals surface area contributed by atoms with Gasteiger partial charge in [0.2, 0.25) is 0 Å². The molecule has 1 aromatic carbocycles. The molecule has 3 rings (SSSR count). The van der Waals surface area contributed by atoms with E-state index in [2.05, 4.69) is 20.4 Å². The molecule has 5 nitrogen and oxygen atoms in total. The Bertz CT molecular complexity index is 733. The third-order valence-corrected chi connectivity index (χ3v) is 2.86. The highest BCUT2D eigenvalue weighted by Crippen LogP contribution is 2.22. The molecule has 2 aromatic heterocycles. The fourth-order valence-corrected chi connectivity index (χ4v) is 2.00. The first kappa shape index (κ1) is 12.5. The van der Waals surface area contributed by atoms with Crippen LogP contribution in [0.1, 0.15) is 13.8 Å². The van der Waals surface area contributed by atoms with Gasteiger partial charge in [0.15, 0.2) is 5.65 Å². The zero-order valence-corrected chi connectivity index (χ0v) is 11.2. The number of hydrogen-bond acceptors (Lipinski definition) is 4. The van der Waals surface area contributed by atoms with E-state index in [0.717, 1.165) is 16.9 Å². The quantitative estimate of drug-likeness (QED) is 0.795. The lowest BCUT2D eigenvalue weighted by atomic mass is 10.3. The number of aromatic nitrogens is 4. The van der Waals surface area contributed by atoms with Crippen molar-refractivity contribution in [3.05, 3.63) is 42.6 Å². The van der Waals surface area contributed by atoms with Crippen LogP contribution in [0, 0.1) is 5.82 Å². The topological polar surface area (TPSA) is 55.6 Å². The largest absolute Gasteiger partial charge is 0.367 e. The maximum absolute atomic E-state index is 13.0. The Kier molecular flexibility index (Phi) is 3.06. The number of nitrogens with one attached hydrogen (secondary N) is 1. The Hall–Kier alpha value is -2.50. The number of rotatable bonds is 3. The van der Waals surface area contributed by atoms with E-state index < -0.39 is 0 Å². The first-order valence-corrected chi connectivity index (χ1v) is 6.36. The maximum Gasteiger partial charge on any atom is 0.168 e. The number of hydrogen-bond donors (Lipinski definition) is 1. The minimum atomic E-state index is -0.276. The molecule has 0 spiro atoms. The molecule has 0 bridgehead atoms. The maximum atomic E-state index is 13.0. The van der Waals surface area contributed by atoms with Crippen LogP contribution in [0.2, 0.25) is 0 Å². The second-order valence-corrected chi connectivity index (χ2v) is 4.79. The Morgan fingerprint density at radius 3 is 2.60 bits per heavy atom. The van der Waals surface area contributed by atoms with Crippen LogP contribution in [0.4, 0.5) is 10.2 Å². The van der Waals surface area contributed by atoms with Gasteiger partial charge in [-0.1, -0.05) is 0 Å². The van der Waals surface area contributed by atoms with Crippen LogP contribution in [0.3, 0.4) is 0 Å². The lowest BCUT2D eigenvalue weighted by Gasteiger charge is -2.09. The molecule has 0 amide bonds. The predicted octanol–water partition coefficient (Wildman–Crippen LogP) is 2.77. The van der Waals surface area contributed by atoms with Crippen LogP contribution < -0.4 is 5.32 Å². The van der Waals surface area contributed by atoms with Crippen molar-refractivity contribution in [2.75, 3.05) is 5.32 Å². The van der Waals surface area contributed by atoms with Crippen LogP contribution in [0.25, 0.3) is 16.7 Å². The second kappa shape index (κ2) is 4.88. The molecule has 0 aliphatic carbocycles. The first-order chi connectivity index (χ1) is 9.65. The van der Waals surface area contributed by atoms with Crippen molar-refractivity contribution in [1.29, 1.82) is 0 Å². The molecule has 0 fully saturated rings. The number of fused-ring (bicyclic) bond motifs is 1. The molecular weight excluding hydrogens is 257 g/mol. The van der Waals surface area contributed by atoms with E-state index in [4.69, 9.17) is 0 Å². The summed E-state index contributed by atoms with van der Waals surface area (Å²) < 4.78 is 14.7. The predicted molar refractivity (Wildman–Crippen MR) is 75.4 cm³/mol. The fraction of sp³-hybridized carbons (Fsp3) is 0.214. The minimum absolute atomic E-state index is 0.266. The fourth-order valence-electron chi connectivity index (χ4n) is 2.00. The van der Waals surface area contributed by atoms with E-state index in [1.165, 1.54) is 18.5 Å². The summed E-state index contributed by atoms with van der Waals surface area (Å²) in [5.41, 5.74) is 1.45. The normalized spacial score (nSPS) is 11.2. The van der Waals surface area contributed by atoms with Crippen LogP contribution in [-0.4, -0.2) is 25.8 Å². The van der Waals surface area contributed by atoms with Gasteiger partial charge in [0.25, 0.3) is 0 Å². The van der Waals surface area contributed by atoms with Gasteiger partial charge in [-0.25, -0.2) is 19.0 Å². The van der Waals surface area contributed by atoms with Gasteiger partial charge in [-0.2, -0.15) is 5.10 Å². The molecule has 102 valence electrons. The van der Waals surface area contributed by atoms with Gasteiger partial charge in [-0.05, 0) is 38.1 Å². The first-order valence-electron chi connectivity index (χ1n) is 6.36. The van der Waals surface area contributed by atoms with Crippen LogP contribution in [-0.2, 0) is 0 Å². The molecule has 1 N–H and O–H groups in total. The summed E-state index contributed by atoms with van der Waals surface area (Å²) in [6, 6.07) is 6.40. The molecular formula is C14H14FN5. The highest BCUT2D eigenvalue weighted by atomic mass is 19.1. The van der Waals surface area contributed by atoms with E-state index in [1.807, 2.05) is 13.8 Å². The molecule has 6 heteroatoms. The van der Waals surface area contributed by atoms with Crippen molar-refractivity contribution in [2.45, 2.75) is 19.9 Å². The average Bonchev–Trinajstić information content (AvgIpc) is 2.84. The van der Waals surface area contributed by atoms with E-state index >= 15 is 0 Å². The summed E-state index contributed by atoms with van der Waals surface area (Å²) in [4.78, 5) is 8.50. The zero-order valence-electron chi connectivity index (χ0n) is 11.2. The van der Waals surface area contributed by atoms with Crippen LogP contribution >= 0.6 is 0 Å². The van der Waals surface area contributed by atoms with Gasteiger partial charge in [-0.3, -0.25) is 0 Å². The molecule has 0 saturated heterocycles. The lowest BCUT2D eigenvalue weighted by molar-refractivity contribution is 0.627. The third-order valence-electron chi connectivity index (χ3n) is 2.86. The number of halogens is 1. The summed E-state index contributed by atoms with van der Waals surface area (Å²) in [6.07, 6.45) is 3.21. The zero-order chi connectivity index (χ0) is 14.1. The van der Waals surface area contributed by atoms with Gasteiger partial charge >= 0.3 is 0 Å². The number of anilines is 1. The highest BCUT2D eigenvalue weighted by Gasteiger charge is 2.11. The summed E-state index contributed by atoms with van der Waals surface area (Å²) in [5.74, 6) is 0.473. The number of nitrogens with zero attached hydrogens (tertiary/aromatic N) is 4. The van der Waals surface area contributed by atoms with E-state index in [-0.39, 0.29) is 11.9 Å². The minimum Gasteiger partial charge on any atom is -0.367 e. The van der Waals surface area contributed by atoms with E-state index in [0.29, 0.717) is 5.65 Å². The Balaban J connectivity index is 2.12. The molecule has 0 saturated carbocycles. The molecule has 0 atom stereocenters. The van der Waals surface area contributed by atoms with Gasteiger partial charge < -0.3 is 5.32 Å². The van der Waals surface area contributed by atoms with Crippen molar-refractivity contribution < 1.29 is 4.39 Å². The molecule has 0 aliphatic heterocycles. The molecule has 3 aromatic rings. The molecule has 0 radical (unpaired) electrons. The van der Waals surface area contributed by atoms with Gasteiger partial charge in [0.05, 0.1) is 17.3 Å².